The van der Waals surface area contributed by atoms with Crippen LogP contribution in [0.3, 0.4) is 0 Å². The molecule has 0 aliphatic heterocycles. The summed E-state index contributed by atoms with van der Waals surface area (Å²) < 4.78 is 27.0. The quantitative estimate of drug-likeness (QED) is 0.666. The Bertz CT molecular complexity index is 575. The Labute approximate surface area is 115 Å². The van der Waals surface area contributed by atoms with Crippen LogP contribution in [0.1, 0.15) is 17.2 Å². The van der Waals surface area contributed by atoms with Crippen molar-refractivity contribution in [3.05, 3.63) is 70.2 Å². The average molecular weight is 283 g/mol. The van der Waals surface area contributed by atoms with Crippen LogP contribution in [0, 0.1) is 11.6 Å². The summed E-state index contributed by atoms with van der Waals surface area (Å²) in [7, 11) is 0. The van der Waals surface area contributed by atoms with Gasteiger partial charge in [-0.25, -0.2) is 8.78 Å². The van der Waals surface area contributed by atoms with E-state index >= 15 is 0 Å². The van der Waals surface area contributed by atoms with E-state index in [4.69, 9.17) is 17.4 Å². The second kappa shape index (κ2) is 6.10. The highest BCUT2D eigenvalue weighted by atomic mass is 35.5. The van der Waals surface area contributed by atoms with Gasteiger partial charge in [0, 0.05) is 5.56 Å². The van der Waals surface area contributed by atoms with Crippen molar-refractivity contribution in [1.82, 2.24) is 5.43 Å². The molecule has 5 heteroatoms. The van der Waals surface area contributed by atoms with Crippen molar-refractivity contribution in [2.75, 3.05) is 0 Å². The minimum atomic E-state index is -0.497. The normalized spacial score (nSPS) is 12.4. The maximum atomic E-state index is 13.7. The zero-order valence-corrected chi connectivity index (χ0v) is 10.8. The van der Waals surface area contributed by atoms with Crippen LogP contribution in [0.25, 0.3) is 0 Å². The van der Waals surface area contributed by atoms with E-state index in [1.54, 1.807) is 24.3 Å². The molecule has 0 saturated heterocycles. The third kappa shape index (κ3) is 3.29. The summed E-state index contributed by atoms with van der Waals surface area (Å²) in [5.41, 5.74) is 3.68. The van der Waals surface area contributed by atoms with Crippen molar-refractivity contribution in [2.45, 2.75) is 12.5 Å². The van der Waals surface area contributed by atoms with Gasteiger partial charge in [-0.3, -0.25) is 11.3 Å². The second-order valence-electron chi connectivity index (χ2n) is 4.19. The number of hydrazine groups is 1. The van der Waals surface area contributed by atoms with Gasteiger partial charge in [-0.1, -0.05) is 35.9 Å². The van der Waals surface area contributed by atoms with Crippen LogP contribution >= 0.6 is 11.6 Å². The van der Waals surface area contributed by atoms with Gasteiger partial charge < -0.3 is 0 Å². The van der Waals surface area contributed by atoms with Gasteiger partial charge in [0.05, 0.1) is 11.1 Å². The van der Waals surface area contributed by atoms with E-state index in [0.29, 0.717) is 17.5 Å². The summed E-state index contributed by atoms with van der Waals surface area (Å²) in [6.45, 7) is 0. The van der Waals surface area contributed by atoms with Crippen LogP contribution in [-0.4, -0.2) is 0 Å². The largest absolute Gasteiger partial charge is 0.271 e. The molecule has 0 aliphatic rings. The van der Waals surface area contributed by atoms with Gasteiger partial charge in [-0.15, -0.1) is 0 Å². The van der Waals surface area contributed by atoms with E-state index in [2.05, 4.69) is 5.43 Å². The highest BCUT2D eigenvalue weighted by Crippen LogP contribution is 2.23. The van der Waals surface area contributed by atoms with Crippen molar-refractivity contribution >= 4 is 11.6 Å². The maximum Gasteiger partial charge on any atom is 0.142 e. The summed E-state index contributed by atoms with van der Waals surface area (Å²) in [5, 5.41) is 0.0619. The number of halogens is 3. The third-order valence-electron chi connectivity index (χ3n) is 2.91. The lowest BCUT2D eigenvalue weighted by Gasteiger charge is -2.17. The molecule has 100 valence electrons. The Morgan fingerprint density at radius 2 is 1.84 bits per heavy atom. The molecule has 0 amide bonds. The molecule has 0 aliphatic carbocycles. The van der Waals surface area contributed by atoms with Crippen LogP contribution < -0.4 is 11.3 Å². The fraction of sp³-hybridized carbons (Fsp3) is 0.143. The van der Waals surface area contributed by atoms with Crippen LogP contribution in [0.15, 0.2) is 42.5 Å². The van der Waals surface area contributed by atoms with Gasteiger partial charge in [-0.05, 0) is 30.2 Å². The van der Waals surface area contributed by atoms with Crippen LogP contribution in [0.5, 0.6) is 0 Å². The molecule has 0 aromatic heterocycles. The van der Waals surface area contributed by atoms with Crippen LogP contribution in [0.2, 0.25) is 5.02 Å². The molecule has 1 unspecified atom stereocenters. The predicted octanol–water partition coefficient (Wildman–Crippen LogP) is 3.37. The van der Waals surface area contributed by atoms with E-state index < -0.39 is 11.9 Å². The smallest absolute Gasteiger partial charge is 0.142 e. The molecular formula is C14H13ClF2N2. The molecule has 2 aromatic rings. The molecular weight excluding hydrogens is 270 g/mol. The number of benzene rings is 2. The van der Waals surface area contributed by atoms with Gasteiger partial charge in [-0.2, -0.15) is 0 Å². The molecule has 2 nitrogen and oxygen atoms in total. The van der Waals surface area contributed by atoms with Crippen molar-refractivity contribution in [2.24, 2.45) is 5.84 Å². The molecule has 0 radical (unpaired) electrons. The highest BCUT2D eigenvalue weighted by Gasteiger charge is 2.15. The van der Waals surface area contributed by atoms with E-state index in [0.717, 1.165) is 0 Å². The zero-order valence-electron chi connectivity index (χ0n) is 10.0. The summed E-state index contributed by atoms with van der Waals surface area (Å²) in [5.74, 6) is 4.61. The Balaban J connectivity index is 2.24. The number of hydrogen-bond donors (Lipinski definition) is 2. The van der Waals surface area contributed by atoms with Gasteiger partial charge in [0.25, 0.3) is 0 Å². The van der Waals surface area contributed by atoms with E-state index in [9.17, 15) is 8.78 Å². The van der Waals surface area contributed by atoms with Gasteiger partial charge in [0.15, 0.2) is 0 Å². The summed E-state index contributed by atoms with van der Waals surface area (Å²) in [6.07, 6.45) is 0.367. The minimum Gasteiger partial charge on any atom is -0.271 e. The van der Waals surface area contributed by atoms with Crippen molar-refractivity contribution in [3.63, 3.8) is 0 Å². The number of nitrogens with one attached hydrogen (secondary N) is 1. The molecule has 1 atom stereocenters. The van der Waals surface area contributed by atoms with Crippen LogP contribution in [-0.2, 0) is 6.42 Å². The van der Waals surface area contributed by atoms with Gasteiger partial charge in [0.1, 0.15) is 11.6 Å². The molecule has 0 fully saturated rings. The topological polar surface area (TPSA) is 38.0 Å². The molecule has 0 heterocycles. The van der Waals surface area contributed by atoms with E-state index in [-0.39, 0.29) is 10.8 Å². The predicted molar refractivity (Wildman–Crippen MR) is 71.6 cm³/mol. The average Bonchev–Trinajstić information content (AvgIpc) is 2.41. The first-order valence-corrected chi connectivity index (χ1v) is 6.14. The summed E-state index contributed by atoms with van der Waals surface area (Å²) in [6, 6.07) is 10.4. The second-order valence-corrected chi connectivity index (χ2v) is 4.60. The SMILES string of the molecule is NNC(Cc1ccc(Cl)c(F)c1)c1ccccc1F. The number of hydrogen-bond acceptors (Lipinski definition) is 2. The van der Waals surface area contributed by atoms with Crippen molar-refractivity contribution < 1.29 is 8.78 Å². The monoisotopic (exact) mass is 282 g/mol. The molecule has 2 rings (SSSR count). The Hall–Kier alpha value is -1.49. The van der Waals surface area contributed by atoms with Crippen molar-refractivity contribution in [1.29, 1.82) is 0 Å². The Morgan fingerprint density at radius 3 is 2.47 bits per heavy atom. The van der Waals surface area contributed by atoms with E-state index in [1.807, 2.05) is 0 Å². The first-order chi connectivity index (χ1) is 9.11. The van der Waals surface area contributed by atoms with Crippen molar-refractivity contribution in [3.8, 4) is 0 Å². The van der Waals surface area contributed by atoms with Crippen LogP contribution in [0.4, 0.5) is 8.78 Å². The molecule has 0 spiro atoms. The van der Waals surface area contributed by atoms with Gasteiger partial charge >= 0.3 is 0 Å². The van der Waals surface area contributed by atoms with E-state index in [1.165, 1.54) is 18.2 Å². The molecule has 0 bridgehead atoms. The first kappa shape index (κ1) is 13.9. The summed E-state index contributed by atoms with van der Waals surface area (Å²) >= 11 is 5.62. The Morgan fingerprint density at radius 1 is 1.11 bits per heavy atom. The third-order valence-corrected chi connectivity index (χ3v) is 3.21. The standard InChI is InChI=1S/C14H13ClF2N2/c15-11-6-5-9(7-13(11)17)8-14(19-18)10-3-1-2-4-12(10)16/h1-7,14,19H,8,18H2. The fourth-order valence-corrected chi connectivity index (χ4v) is 2.04. The first-order valence-electron chi connectivity index (χ1n) is 5.76. The maximum absolute atomic E-state index is 13.7. The fourth-order valence-electron chi connectivity index (χ4n) is 1.92. The minimum absolute atomic E-state index is 0.0619. The molecule has 3 N–H and O–H groups in total. The van der Waals surface area contributed by atoms with Gasteiger partial charge in [0.2, 0.25) is 0 Å². The number of nitrogens with two attached hydrogens (primary N) is 1. The lowest BCUT2D eigenvalue weighted by molar-refractivity contribution is 0.509. The lowest BCUT2D eigenvalue weighted by atomic mass is 9.99. The molecule has 2 aromatic carbocycles. The molecule has 0 saturated carbocycles. The highest BCUT2D eigenvalue weighted by molar-refractivity contribution is 6.30. The zero-order chi connectivity index (χ0) is 13.8. The number of rotatable bonds is 4. The lowest BCUT2D eigenvalue weighted by Crippen LogP contribution is -2.30. The molecule has 19 heavy (non-hydrogen) atoms. The Kier molecular flexibility index (Phi) is 4.47. The summed E-state index contributed by atoms with van der Waals surface area (Å²) in [4.78, 5) is 0.